The number of hydrogen-bond donors (Lipinski definition) is 0. The Morgan fingerprint density at radius 1 is 1.15 bits per heavy atom. The van der Waals surface area contributed by atoms with E-state index in [0.717, 1.165) is 19.3 Å². The molecule has 0 fully saturated rings. The van der Waals surface area contributed by atoms with Crippen LogP contribution >= 0.6 is 15.9 Å². The molecule has 0 heterocycles. The molecule has 1 aliphatic rings. The zero-order chi connectivity index (χ0) is 14.1. The molecule has 2 aromatic rings. The molecule has 0 radical (unpaired) electrons. The van der Waals surface area contributed by atoms with Gasteiger partial charge in [-0.15, -0.1) is 0 Å². The molecule has 3 heteroatoms. The van der Waals surface area contributed by atoms with Crippen LogP contribution in [0.15, 0.2) is 46.9 Å². The van der Waals surface area contributed by atoms with Crippen molar-refractivity contribution < 1.29 is 9.18 Å². The quantitative estimate of drug-likeness (QED) is 0.736. The number of ketones is 1. The highest BCUT2D eigenvalue weighted by molar-refractivity contribution is 9.10. The molecule has 1 atom stereocenters. The second-order valence-electron chi connectivity index (χ2n) is 5.20. The largest absolute Gasteiger partial charge is 0.294 e. The van der Waals surface area contributed by atoms with E-state index in [0.29, 0.717) is 10.0 Å². The lowest BCUT2D eigenvalue weighted by atomic mass is 9.80. The van der Waals surface area contributed by atoms with Gasteiger partial charge in [0, 0.05) is 11.5 Å². The summed E-state index contributed by atoms with van der Waals surface area (Å²) < 4.78 is 13.9. The van der Waals surface area contributed by atoms with E-state index < -0.39 is 0 Å². The zero-order valence-electron chi connectivity index (χ0n) is 10.9. The molecule has 20 heavy (non-hydrogen) atoms. The van der Waals surface area contributed by atoms with Crippen LogP contribution in [0, 0.1) is 11.7 Å². The summed E-state index contributed by atoms with van der Waals surface area (Å²) in [5, 5.41) is 0. The number of hydrogen-bond acceptors (Lipinski definition) is 1. The van der Waals surface area contributed by atoms with Crippen molar-refractivity contribution in [3.8, 4) is 0 Å². The van der Waals surface area contributed by atoms with Crippen molar-refractivity contribution in [1.82, 2.24) is 0 Å². The van der Waals surface area contributed by atoms with Crippen LogP contribution in [0.2, 0.25) is 0 Å². The van der Waals surface area contributed by atoms with Gasteiger partial charge in [-0.2, -0.15) is 0 Å². The molecule has 0 spiro atoms. The highest BCUT2D eigenvalue weighted by Gasteiger charge is 2.25. The first-order valence-electron chi connectivity index (χ1n) is 6.71. The molecule has 102 valence electrons. The molecule has 0 amide bonds. The van der Waals surface area contributed by atoms with E-state index in [2.05, 4.69) is 28.1 Å². The molecule has 1 nitrogen and oxygen atoms in total. The summed E-state index contributed by atoms with van der Waals surface area (Å²) in [6.07, 6.45) is 2.52. The number of rotatable bonds is 2. The standard InChI is InChI=1S/C17H14BrFO/c18-15-8-7-14(10-16(15)19)17(20)13-6-5-11-3-1-2-4-12(11)9-13/h1-4,7-8,10,13H,5-6,9H2. The van der Waals surface area contributed by atoms with Crippen LogP contribution in [0.4, 0.5) is 4.39 Å². The molecule has 0 aliphatic heterocycles. The minimum absolute atomic E-state index is 0.0366. The summed E-state index contributed by atoms with van der Waals surface area (Å²) in [5.41, 5.74) is 3.04. The number of benzene rings is 2. The minimum Gasteiger partial charge on any atom is -0.294 e. The van der Waals surface area contributed by atoms with E-state index in [-0.39, 0.29) is 17.5 Å². The molecule has 0 aromatic heterocycles. The average molecular weight is 333 g/mol. The van der Waals surface area contributed by atoms with E-state index in [1.807, 2.05) is 12.1 Å². The normalized spacial score (nSPS) is 17.6. The summed E-state index contributed by atoms with van der Waals surface area (Å²) in [4.78, 5) is 12.5. The second kappa shape index (κ2) is 5.49. The Bertz CT molecular complexity index is 666. The van der Waals surface area contributed by atoms with E-state index in [4.69, 9.17) is 0 Å². The lowest BCUT2D eigenvalue weighted by Gasteiger charge is -2.23. The van der Waals surface area contributed by atoms with Crippen molar-refractivity contribution in [2.75, 3.05) is 0 Å². The maximum absolute atomic E-state index is 13.5. The highest BCUT2D eigenvalue weighted by Crippen LogP contribution is 2.28. The third kappa shape index (κ3) is 2.55. The average Bonchev–Trinajstić information content (AvgIpc) is 2.49. The van der Waals surface area contributed by atoms with Crippen molar-refractivity contribution in [3.63, 3.8) is 0 Å². The van der Waals surface area contributed by atoms with Gasteiger partial charge in [0.1, 0.15) is 5.82 Å². The Kier molecular flexibility index (Phi) is 3.70. The first-order valence-corrected chi connectivity index (χ1v) is 7.50. The van der Waals surface area contributed by atoms with Crippen molar-refractivity contribution in [3.05, 3.63) is 69.4 Å². The summed E-state index contributed by atoms with van der Waals surface area (Å²) in [6, 6.07) is 12.9. The van der Waals surface area contributed by atoms with Crippen LogP contribution in [-0.4, -0.2) is 5.78 Å². The third-order valence-corrected chi connectivity index (χ3v) is 4.56. The molecule has 1 unspecified atom stereocenters. The highest BCUT2D eigenvalue weighted by atomic mass is 79.9. The summed E-state index contributed by atoms with van der Waals surface area (Å²) in [6.45, 7) is 0. The number of halogens is 2. The van der Waals surface area contributed by atoms with E-state index in [1.165, 1.54) is 17.2 Å². The Labute approximate surface area is 126 Å². The van der Waals surface area contributed by atoms with Crippen LogP contribution in [0.3, 0.4) is 0 Å². The SMILES string of the molecule is O=C(c1ccc(Br)c(F)c1)C1CCc2ccccc2C1. The maximum atomic E-state index is 13.5. The first kappa shape index (κ1) is 13.5. The van der Waals surface area contributed by atoms with Gasteiger partial charge >= 0.3 is 0 Å². The van der Waals surface area contributed by atoms with Gasteiger partial charge in [0.15, 0.2) is 5.78 Å². The number of carbonyl (C=O) groups is 1. The van der Waals surface area contributed by atoms with Gasteiger partial charge in [-0.25, -0.2) is 4.39 Å². The van der Waals surface area contributed by atoms with E-state index >= 15 is 0 Å². The maximum Gasteiger partial charge on any atom is 0.166 e. The Balaban J connectivity index is 1.84. The predicted molar refractivity (Wildman–Crippen MR) is 80.4 cm³/mol. The van der Waals surface area contributed by atoms with Gasteiger partial charge in [-0.3, -0.25) is 4.79 Å². The molecule has 0 bridgehead atoms. The van der Waals surface area contributed by atoms with Crippen LogP contribution in [0.25, 0.3) is 0 Å². The van der Waals surface area contributed by atoms with Crippen molar-refractivity contribution in [1.29, 1.82) is 0 Å². The van der Waals surface area contributed by atoms with Gasteiger partial charge in [0.05, 0.1) is 4.47 Å². The molecular weight excluding hydrogens is 319 g/mol. The molecule has 0 saturated heterocycles. The number of carbonyl (C=O) groups excluding carboxylic acids is 1. The van der Waals surface area contributed by atoms with E-state index in [9.17, 15) is 9.18 Å². The third-order valence-electron chi connectivity index (χ3n) is 3.92. The Morgan fingerprint density at radius 3 is 2.65 bits per heavy atom. The van der Waals surface area contributed by atoms with Crippen LogP contribution in [-0.2, 0) is 12.8 Å². The second-order valence-corrected chi connectivity index (χ2v) is 6.06. The molecule has 0 saturated carbocycles. The van der Waals surface area contributed by atoms with Crippen molar-refractivity contribution >= 4 is 21.7 Å². The predicted octanol–water partition coefficient (Wildman–Crippen LogP) is 4.58. The monoisotopic (exact) mass is 332 g/mol. The first-order chi connectivity index (χ1) is 9.65. The van der Waals surface area contributed by atoms with Gasteiger partial charge in [-0.05, 0) is 58.5 Å². The van der Waals surface area contributed by atoms with Crippen LogP contribution in [0.1, 0.15) is 27.9 Å². The van der Waals surface area contributed by atoms with Crippen LogP contribution in [0.5, 0.6) is 0 Å². The molecule has 2 aromatic carbocycles. The molecule has 3 rings (SSSR count). The number of fused-ring (bicyclic) bond motifs is 1. The molecule has 1 aliphatic carbocycles. The number of aryl methyl sites for hydroxylation is 1. The molecule has 0 N–H and O–H groups in total. The van der Waals surface area contributed by atoms with Crippen LogP contribution < -0.4 is 0 Å². The van der Waals surface area contributed by atoms with Gasteiger partial charge < -0.3 is 0 Å². The minimum atomic E-state index is -0.382. The Hall–Kier alpha value is -1.48. The lowest BCUT2D eigenvalue weighted by Crippen LogP contribution is -2.22. The molecular formula is C17H14BrFO. The zero-order valence-corrected chi connectivity index (χ0v) is 12.5. The topological polar surface area (TPSA) is 17.1 Å². The fraction of sp³-hybridized carbons (Fsp3) is 0.235. The Morgan fingerprint density at radius 2 is 1.90 bits per heavy atom. The summed E-state index contributed by atoms with van der Waals surface area (Å²) in [5.74, 6) is -0.372. The van der Waals surface area contributed by atoms with Gasteiger partial charge in [-0.1, -0.05) is 30.3 Å². The summed E-state index contributed by atoms with van der Waals surface area (Å²) >= 11 is 3.11. The van der Waals surface area contributed by atoms with Gasteiger partial charge in [0.2, 0.25) is 0 Å². The summed E-state index contributed by atoms with van der Waals surface area (Å²) in [7, 11) is 0. The fourth-order valence-electron chi connectivity index (χ4n) is 2.81. The number of Topliss-reactive ketones (excluding diaryl/α,β-unsaturated/α-hetero) is 1. The smallest absolute Gasteiger partial charge is 0.166 e. The fourth-order valence-corrected chi connectivity index (χ4v) is 3.05. The van der Waals surface area contributed by atoms with E-state index in [1.54, 1.807) is 12.1 Å². The van der Waals surface area contributed by atoms with Crippen molar-refractivity contribution in [2.24, 2.45) is 5.92 Å². The van der Waals surface area contributed by atoms with Gasteiger partial charge in [0.25, 0.3) is 0 Å². The lowest BCUT2D eigenvalue weighted by molar-refractivity contribution is 0.0908. The van der Waals surface area contributed by atoms with Crippen molar-refractivity contribution in [2.45, 2.75) is 19.3 Å².